The molecule has 1 aliphatic heterocycles. The summed E-state index contributed by atoms with van der Waals surface area (Å²) in [5.41, 5.74) is 4.22. The number of carbonyl (C=O) groups excluding carboxylic acids is 1. The van der Waals surface area contributed by atoms with Crippen molar-refractivity contribution in [2.75, 3.05) is 11.5 Å². The van der Waals surface area contributed by atoms with Crippen LogP contribution in [0.3, 0.4) is 0 Å². The highest BCUT2D eigenvalue weighted by Crippen LogP contribution is 2.28. The third kappa shape index (κ3) is 3.47. The number of ether oxygens (including phenoxy) is 1. The van der Waals surface area contributed by atoms with Gasteiger partial charge < -0.3 is 4.74 Å². The molecule has 130 valence electrons. The molecule has 0 atom stereocenters. The van der Waals surface area contributed by atoms with Crippen molar-refractivity contribution < 1.29 is 9.53 Å². The van der Waals surface area contributed by atoms with Gasteiger partial charge in [0.25, 0.3) is 0 Å². The summed E-state index contributed by atoms with van der Waals surface area (Å²) in [6.45, 7) is 0.757. The smallest absolute Gasteiger partial charge is 0.231 e. The first kappa shape index (κ1) is 16.4. The van der Waals surface area contributed by atoms with Crippen LogP contribution in [0.4, 0.5) is 11.4 Å². The lowest BCUT2D eigenvalue weighted by molar-refractivity contribution is -0.117. The van der Waals surface area contributed by atoms with Gasteiger partial charge in [0, 0.05) is 24.2 Å². The molecular formula is C23H21NO2. The van der Waals surface area contributed by atoms with Crippen LogP contribution >= 0.6 is 0 Å². The molecule has 0 aliphatic carbocycles. The molecule has 1 heterocycles. The zero-order chi connectivity index (χ0) is 17.8. The quantitative estimate of drug-likeness (QED) is 0.658. The Morgan fingerprint density at radius 3 is 2.19 bits per heavy atom. The Labute approximate surface area is 153 Å². The van der Waals surface area contributed by atoms with Gasteiger partial charge in [0.1, 0.15) is 5.75 Å². The molecule has 0 bridgehead atoms. The lowest BCUT2D eigenvalue weighted by Crippen LogP contribution is -2.26. The van der Waals surface area contributed by atoms with Gasteiger partial charge in [-0.15, -0.1) is 0 Å². The number of fused-ring (bicyclic) bond motifs is 1. The second-order valence-electron chi connectivity index (χ2n) is 6.44. The number of benzene rings is 3. The number of nitrogens with zero attached hydrogens (tertiary/aromatic N) is 1. The van der Waals surface area contributed by atoms with E-state index in [9.17, 15) is 4.79 Å². The van der Waals surface area contributed by atoms with Crippen LogP contribution in [0, 0.1) is 0 Å². The van der Waals surface area contributed by atoms with E-state index in [1.807, 2.05) is 66.7 Å². The van der Waals surface area contributed by atoms with E-state index in [0.717, 1.165) is 36.6 Å². The number of carbonyl (C=O) groups is 1. The fourth-order valence-electron chi connectivity index (χ4n) is 3.35. The largest absolute Gasteiger partial charge is 0.493 e. The van der Waals surface area contributed by atoms with Crippen molar-refractivity contribution in [3.05, 3.63) is 90.0 Å². The standard InChI is InChI=1S/C23H21NO2/c25-23(14-12-18-11-13-22-19(17-18)15-16-26-22)24(20-7-3-1-4-8-20)21-9-5-2-6-10-21/h1-11,13,17H,12,14-16H2. The number of anilines is 2. The first-order chi connectivity index (χ1) is 12.8. The second-order valence-corrected chi connectivity index (χ2v) is 6.44. The maximum absolute atomic E-state index is 13.1. The summed E-state index contributed by atoms with van der Waals surface area (Å²) < 4.78 is 5.56. The van der Waals surface area contributed by atoms with Gasteiger partial charge in [0.05, 0.1) is 6.61 Å². The van der Waals surface area contributed by atoms with Crippen LogP contribution in [0.5, 0.6) is 5.75 Å². The Kier molecular flexibility index (Phi) is 4.69. The highest BCUT2D eigenvalue weighted by molar-refractivity contribution is 6.00. The number of hydrogen-bond acceptors (Lipinski definition) is 2. The van der Waals surface area contributed by atoms with Gasteiger partial charge in [-0.1, -0.05) is 48.5 Å². The van der Waals surface area contributed by atoms with Crippen LogP contribution in [0.1, 0.15) is 17.5 Å². The predicted molar refractivity (Wildman–Crippen MR) is 104 cm³/mol. The van der Waals surface area contributed by atoms with Gasteiger partial charge in [-0.05, 0) is 47.9 Å². The Morgan fingerprint density at radius 1 is 0.885 bits per heavy atom. The Morgan fingerprint density at radius 2 is 1.54 bits per heavy atom. The third-order valence-electron chi connectivity index (χ3n) is 4.66. The molecule has 3 nitrogen and oxygen atoms in total. The number of para-hydroxylation sites is 2. The van der Waals surface area contributed by atoms with Gasteiger partial charge in [0.2, 0.25) is 5.91 Å². The molecule has 0 fully saturated rings. The van der Waals surface area contributed by atoms with E-state index in [-0.39, 0.29) is 5.91 Å². The monoisotopic (exact) mass is 343 g/mol. The molecule has 0 spiro atoms. The zero-order valence-corrected chi connectivity index (χ0v) is 14.6. The molecule has 3 aromatic carbocycles. The fraction of sp³-hybridized carbons (Fsp3) is 0.174. The van der Waals surface area contributed by atoms with E-state index in [1.54, 1.807) is 4.90 Å². The summed E-state index contributed by atoms with van der Waals surface area (Å²) in [6.07, 6.45) is 2.14. The van der Waals surface area contributed by atoms with E-state index in [1.165, 1.54) is 11.1 Å². The summed E-state index contributed by atoms with van der Waals surface area (Å²) in [6, 6.07) is 25.9. The van der Waals surface area contributed by atoms with Crippen molar-refractivity contribution in [2.24, 2.45) is 0 Å². The second kappa shape index (κ2) is 7.44. The van der Waals surface area contributed by atoms with E-state index in [4.69, 9.17) is 4.74 Å². The van der Waals surface area contributed by atoms with Crippen molar-refractivity contribution in [1.82, 2.24) is 0 Å². The molecule has 0 aromatic heterocycles. The Hall–Kier alpha value is -3.07. The van der Waals surface area contributed by atoms with E-state index >= 15 is 0 Å². The lowest BCUT2D eigenvalue weighted by atomic mass is 10.0. The minimum atomic E-state index is 0.0964. The number of aryl methyl sites for hydroxylation is 1. The molecule has 1 amide bonds. The van der Waals surface area contributed by atoms with Crippen LogP contribution in [0.25, 0.3) is 0 Å². The Balaban J connectivity index is 1.53. The molecule has 1 aliphatic rings. The van der Waals surface area contributed by atoms with Crippen LogP contribution < -0.4 is 9.64 Å². The molecule has 3 heteroatoms. The van der Waals surface area contributed by atoms with Crippen LogP contribution in [-0.4, -0.2) is 12.5 Å². The molecule has 0 saturated heterocycles. The molecule has 0 radical (unpaired) electrons. The lowest BCUT2D eigenvalue weighted by Gasteiger charge is -2.23. The van der Waals surface area contributed by atoms with Gasteiger partial charge in [-0.25, -0.2) is 0 Å². The van der Waals surface area contributed by atoms with Crippen molar-refractivity contribution in [1.29, 1.82) is 0 Å². The molecule has 26 heavy (non-hydrogen) atoms. The minimum absolute atomic E-state index is 0.0964. The van der Waals surface area contributed by atoms with Crippen LogP contribution in [0.2, 0.25) is 0 Å². The summed E-state index contributed by atoms with van der Waals surface area (Å²) in [5, 5.41) is 0. The molecule has 3 aromatic rings. The summed E-state index contributed by atoms with van der Waals surface area (Å²) in [4.78, 5) is 14.9. The van der Waals surface area contributed by atoms with Gasteiger partial charge in [-0.3, -0.25) is 9.69 Å². The van der Waals surface area contributed by atoms with Crippen LogP contribution in [0.15, 0.2) is 78.9 Å². The highest BCUT2D eigenvalue weighted by Gasteiger charge is 2.18. The highest BCUT2D eigenvalue weighted by atomic mass is 16.5. The molecule has 0 N–H and O–H groups in total. The molecular weight excluding hydrogens is 322 g/mol. The molecule has 0 unspecified atom stereocenters. The minimum Gasteiger partial charge on any atom is -0.493 e. The normalized spacial score (nSPS) is 12.3. The average Bonchev–Trinajstić information content (AvgIpc) is 3.16. The van der Waals surface area contributed by atoms with E-state index in [2.05, 4.69) is 12.1 Å². The number of hydrogen-bond donors (Lipinski definition) is 0. The summed E-state index contributed by atoms with van der Waals surface area (Å²) >= 11 is 0. The zero-order valence-electron chi connectivity index (χ0n) is 14.6. The number of rotatable bonds is 5. The number of amides is 1. The van der Waals surface area contributed by atoms with Crippen molar-refractivity contribution in [3.8, 4) is 5.75 Å². The molecule has 0 saturated carbocycles. The topological polar surface area (TPSA) is 29.5 Å². The van der Waals surface area contributed by atoms with E-state index in [0.29, 0.717) is 6.42 Å². The predicted octanol–water partition coefficient (Wildman–Crippen LogP) is 4.92. The SMILES string of the molecule is O=C(CCc1ccc2c(c1)CCO2)N(c1ccccc1)c1ccccc1. The summed E-state index contributed by atoms with van der Waals surface area (Å²) in [5.74, 6) is 1.08. The van der Waals surface area contributed by atoms with Gasteiger partial charge in [-0.2, -0.15) is 0 Å². The summed E-state index contributed by atoms with van der Waals surface area (Å²) in [7, 11) is 0. The van der Waals surface area contributed by atoms with Crippen molar-refractivity contribution >= 4 is 17.3 Å². The maximum atomic E-state index is 13.1. The first-order valence-electron chi connectivity index (χ1n) is 8.99. The van der Waals surface area contributed by atoms with Crippen molar-refractivity contribution in [2.45, 2.75) is 19.3 Å². The van der Waals surface area contributed by atoms with Gasteiger partial charge >= 0.3 is 0 Å². The third-order valence-corrected chi connectivity index (χ3v) is 4.66. The maximum Gasteiger partial charge on any atom is 0.231 e. The molecule has 4 rings (SSSR count). The first-order valence-corrected chi connectivity index (χ1v) is 8.99. The van der Waals surface area contributed by atoms with E-state index < -0.39 is 0 Å². The fourth-order valence-corrected chi connectivity index (χ4v) is 3.35. The average molecular weight is 343 g/mol. The van der Waals surface area contributed by atoms with Crippen LogP contribution in [-0.2, 0) is 17.6 Å². The van der Waals surface area contributed by atoms with Gasteiger partial charge in [0.15, 0.2) is 0 Å². The Bertz CT molecular complexity index is 851. The van der Waals surface area contributed by atoms with Crippen molar-refractivity contribution in [3.63, 3.8) is 0 Å².